The van der Waals surface area contributed by atoms with E-state index in [1.165, 1.54) is 12.1 Å². The molecule has 1 aromatic heterocycles. The molecule has 2 aromatic rings. The van der Waals surface area contributed by atoms with Crippen LogP contribution in [0.15, 0.2) is 33.5 Å². The van der Waals surface area contributed by atoms with E-state index in [4.69, 9.17) is 9.52 Å². The Morgan fingerprint density at radius 2 is 2.25 bits per heavy atom. The SMILES string of the molecule is O=C(O)c1ncoc1-c1cccc(F)c1Br. The lowest BCUT2D eigenvalue weighted by molar-refractivity contribution is 0.0691. The maximum atomic E-state index is 13.2. The summed E-state index contributed by atoms with van der Waals surface area (Å²) in [6, 6.07) is 4.26. The molecule has 4 nitrogen and oxygen atoms in total. The van der Waals surface area contributed by atoms with E-state index in [-0.39, 0.29) is 15.9 Å². The fraction of sp³-hybridized carbons (Fsp3) is 0. The third kappa shape index (κ3) is 1.71. The van der Waals surface area contributed by atoms with E-state index in [9.17, 15) is 9.18 Å². The van der Waals surface area contributed by atoms with E-state index in [1.807, 2.05) is 0 Å². The van der Waals surface area contributed by atoms with Crippen molar-refractivity contribution in [1.82, 2.24) is 4.98 Å². The third-order valence-electron chi connectivity index (χ3n) is 1.97. The predicted molar refractivity (Wildman–Crippen MR) is 56.6 cm³/mol. The molecule has 0 radical (unpaired) electrons. The van der Waals surface area contributed by atoms with Gasteiger partial charge in [-0.25, -0.2) is 14.2 Å². The normalized spacial score (nSPS) is 10.4. The number of aromatic nitrogens is 1. The minimum absolute atomic E-state index is 0.0267. The maximum absolute atomic E-state index is 13.2. The first-order valence-electron chi connectivity index (χ1n) is 4.22. The number of hydrogen-bond donors (Lipinski definition) is 1. The van der Waals surface area contributed by atoms with Crippen LogP contribution >= 0.6 is 15.9 Å². The zero-order valence-electron chi connectivity index (χ0n) is 7.78. The van der Waals surface area contributed by atoms with Crippen LogP contribution in [0.3, 0.4) is 0 Å². The predicted octanol–water partition coefficient (Wildman–Crippen LogP) is 2.94. The number of carboxylic acids is 1. The lowest BCUT2D eigenvalue weighted by atomic mass is 10.1. The van der Waals surface area contributed by atoms with Gasteiger partial charge in [0.05, 0.1) is 4.47 Å². The molecule has 16 heavy (non-hydrogen) atoms. The fourth-order valence-electron chi connectivity index (χ4n) is 1.27. The highest BCUT2D eigenvalue weighted by Crippen LogP contribution is 2.32. The molecule has 0 bridgehead atoms. The number of nitrogens with zero attached hydrogens (tertiary/aromatic N) is 1. The number of oxazole rings is 1. The lowest BCUT2D eigenvalue weighted by Crippen LogP contribution is -1.99. The average Bonchev–Trinajstić information content (AvgIpc) is 2.70. The molecule has 0 saturated carbocycles. The Labute approximate surface area is 97.9 Å². The van der Waals surface area contributed by atoms with Gasteiger partial charge in [0.25, 0.3) is 0 Å². The number of carboxylic acid groups (broad SMARTS) is 1. The van der Waals surface area contributed by atoms with Gasteiger partial charge in [0.15, 0.2) is 17.8 Å². The molecule has 2 rings (SSSR count). The average molecular weight is 286 g/mol. The van der Waals surface area contributed by atoms with Gasteiger partial charge in [-0.2, -0.15) is 0 Å². The van der Waals surface area contributed by atoms with Crippen LogP contribution in [0.25, 0.3) is 11.3 Å². The summed E-state index contributed by atoms with van der Waals surface area (Å²) in [5.74, 6) is -1.69. The molecule has 0 saturated heterocycles. The van der Waals surface area contributed by atoms with Crippen LogP contribution in [0.1, 0.15) is 10.5 Å². The first-order valence-corrected chi connectivity index (χ1v) is 5.01. The zero-order chi connectivity index (χ0) is 11.7. The van der Waals surface area contributed by atoms with Crippen LogP contribution in [0.2, 0.25) is 0 Å². The lowest BCUT2D eigenvalue weighted by Gasteiger charge is -2.02. The summed E-state index contributed by atoms with van der Waals surface area (Å²) in [4.78, 5) is 14.4. The van der Waals surface area contributed by atoms with Gasteiger partial charge in [0.1, 0.15) is 5.82 Å². The smallest absolute Gasteiger partial charge is 0.358 e. The number of benzene rings is 1. The molecule has 0 atom stereocenters. The Bertz CT molecular complexity index is 553. The van der Waals surface area contributed by atoms with Crippen molar-refractivity contribution in [2.45, 2.75) is 0 Å². The van der Waals surface area contributed by atoms with Crippen LogP contribution < -0.4 is 0 Å². The molecule has 82 valence electrons. The van der Waals surface area contributed by atoms with Crippen molar-refractivity contribution in [3.05, 3.63) is 40.6 Å². The molecule has 0 aliphatic rings. The summed E-state index contributed by atoms with van der Waals surface area (Å²) in [5.41, 5.74) is 0.0706. The molecule has 0 fully saturated rings. The highest BCUT2D eigenvalue weighted by atomic mass is 79.9. The molecule has 0 amide bonds. The van der Waals surface area contributed by atoms with Crippen LogP contribution in [0.5, 0.6) is 0 Å². The quantitative estimate of drug-likeness (QED) is 0.921. The first-order chi connectivity index (χ1) is 7.61. The minimum atomic E-state index is -1.22. The molecule has 6 heteroatoms. The van der Waals surface area contributed by atoms with Gasteiger partial charge in [0, 0.05) is 5.56 Å². The van der Waals surface area contributed by atoms with Crippen molar-refractivity contribution >= 4 is 21.9 Å². The van der Waals surface area contributed by atoms with E-state index < -0.39 is 11.8 Å². The van der Waals surface area contributed by atoms with Crippen LogP contribution in [0.4, 0.5) is 4.39 Å². The topological polar surface area (TPSA) is 63.3 Å². The molecular formula is C10H5BrFNO3. The highest BCUT2D eigenvalue weighted by molar-refractivity contribution is 9.10. The van der Waals surface area contributed by atoms with E-state index in [0.29, 0.717) is 5.56 Å². The van der Waals surface area contributed by atoms with Gasteiger partial charge in [-0.05, 0) is 28.1 Å². The molecular weight excluding hydrogens is 281 g/mol. The summed E-state index contributed by atoms with van der Waals surface area (Å²) in [7, 11) is 0. The van der Waals surface area contributed by atoms with Crippen LogP contribution in [-0.4, -0.2) is 16.1 Å². The van der Waals surface area contributed by atoms with E-state index in [1.54, 1.807) is 6.07 Å². The molecule has 0 aliphatic heterocycles. The summed E-state index contributed by atoms with van der Waals surface area (Å²) in [5, 5.41) is 8.84. The van der Waals surface area contributed by atoms with Crippen molar-refractivity contribution in [2.24, 2.45) is 0 Å². The maximum Gasteiger partial charge on any atom is 0.358 e. The van der Waals surface area contributed by atoms with E-state index in [2.05, 4.69) is 20.9 Å². The Balaban J connectivity index is 2.63. The molecule has 1 N–H and O–H groups in total. The van der Waals surface area contributed by atoms with Gasteiger partial charge in [0.2, 0.25) is 0 Å². The summed E-state index contributed by atoms with van der Waals surface area (Å²) in [6.45, 7) is 0. The van der Waals surface area contributed by atoms with Crippen molar-refractivity contribution in [1.29, 1.82) is 0 Å². The van der Waals surface area contributed by atoms with Gasteiger partial charge in [-0.15, -0.1) is 0 Å². The van der Waals surface area contributed by atoms with Crippen molar-refractivity contribution in [3.63, 3.8) is 0 Å². The number of carbonyl (C=O) groups is 1. The van der Waals surface area contributed by atoms with Gasteiger partial charge < -0.3 is 9.52 Å². The van der Waals surface area contributed by atoms with Crippen LogP contribution in [0, 0.1) is 5.82 Å². The van der Waals surface area contributed by atoms with Gasteiger partial charge in [-0.3, -0.25) is 0 Å². The first kappa shape index (κ1) is 10.8. The second-order valence-corrected chi connectivity index (χ2v) is 3.73. The molecule has 1 heterocycles. The zero-order valence-corrected chi connectivity index (χ0v) is 9.36. The number of rotatable bonds is 2. The summed E-state index contributed by atoms with van der Waals surface area (Å²) >= 11 is 3.03. The fourth-order valence-corrected chi connectivity index (χ4v) is 1.71. The largest absolute Gasteiger partial charge is 0.476 e. The number of hydrogen-bond acceptors (Lipinski definition) is 3. The Morgan fingerprint density at radius 3 is 2.94 bits per heavy atom. The van der Waals surface area contributed by atoms with Crippen molar-refractivity contribution < 1.29 is 18.7 Å². The van der Waals surface area contributed by atoms with E-state index in [0.717, 1.165) is 6.39 Å². The molecule has 0 aliphatic carbocycles. The number of halogens is 2. The Morgan fingerprint density at radius 1 is 1.50 bits per heavy atom. The second kappa shape index (κ2) is 4.05. The third-order valence-corrected chi connectivity index (χ3v) is 2.77. The number of aromatic carboxylic acids is 1. The van der Waals surface area contributed by atoms with Crippen LogP contribution in [-0.2, 0) is 0 Å². The molecule has 0 unspecified atom stereocenters. The summed E-state index contributed by atoms with van der Waals surface area (Å²) in [6.07, 6.45) is 1.01. The van der Waals surface area contributed by atoms with Gasteiger partial charge in [-0.1, -0.05) is 6.07 Å². The van der Waals surface area contributed by atoms with Gasteiger partial charge >= 0.3 is 5.97 Å². The Kier molecular flexibility index (Phi) is 2.74. The minimum Gasteiger partial charge on any atom is -0.476 e. The summed E-state index contributed by atoms with van der Waals surface area (Å²) < 4.78 is 18.4. The molecule has 0 spiro atoms. The monoisotopic (exact) mass is 285 g/mol. The Hall–Kier alpha value is -1.69. The molecule has 1 aromatic carbocycles. The van der Waals surface area contributed by atoms with Crippen molar-refractivity contribution in [3.8, 4) is 11.3 Å². The van der Waals surface area contributed by atoms with E-state index >= 15 is 0 Å². The van der Waals surface area contributed by atoms with Crippen molar-refractivity contribution in [2.75, 3.05) is 0 Å². The standard InChI is InChI=1S/C10H5BrFNO3/c11-7-5(2-1-3-6(7)12)9-8(10(14)15)13-4-16-9/h1-4H,(H,14,15). The highest BCUT2D eigenvalue weighted by Gasteiger charge is 2.20. The second-order valence-electron chi connectivity index (χ2n) is 2.94.